The van der Waals surface area contributed by atoms with Crippen molar-refractivity contribution >= 4 is 17.2 Å². The fraction of sp³-hybridized carbons (Fsp3) is 0.722. The third-order valence-electron chi connectivity index (χ3n) is 5.40. The molecule has 5 heteroatoms. The molecule has 0 bridgehead atoms. The van der Waals surface area contributed by atoms with Gasteiger partial charge in [0.1, 0.15) is 0 Å². The fourth-order valence-corrected chi connectivity index (χ4v) is 4.68. The Morgan fingerprint density at radius 3 is 2.70 bits per heavy atom. The van der Waals surface area contributed by atoms with Gasteiger partial charge in [-0.2, -0.15) is 0 Å². The van der Waals surface area contributed by atoms with E-state index in [2.05, 4.69) is 28.2 Å². The zero-order valence-corrected chi connectivity index (χ0v) is 15.2. The first kappa shape index (κ1) is 16.9. The summed E-state index contributed by atoms with van der Waals surface area (Å²) in [5, 5.41) is 2.17. The number of methoxy groups -OCH3 is 1. The molecule has 0 atom stereocenters. The maximum absolute atomic E-state index is 13.0. The first-order valence-corrected chi connectivity index (χ1v) is 9.56. The van der Waals surface area contributed by atoms with Gasteiger partial charge in [0.2, 0.25) is 5.91 Å². The molecule has 23 heavy (non-hydrogen) atoms. The SMILES string of the molecule is COCC1(C(=O)N2CCCN(Cc3sccc3C)CC2)CCC1. The highest BCUT2D eigenvalue weighted by Gasteiger charge is 2.46. The van der Waals surface area contributed by atoms with Crippen LogP contribution >= 0.6 is 11.3 Å². The van der Waals surface area contributed by atoms with Gasteiger partial charge in [0.25, 0.3) is 0 Å². The molecule has 0 N–H and O–H groups in total. The van der Waals surface area contributed by atoms with Crippen LogP contribution in [0.4, 0.5) is 0 Å². The van der Waals surface area contributed by atoms with Crippen LogP contribution in [0.5, 0.6) is 0 Å². The summed E-state index contributed by atoms with van der Waals surface area (Å²) in [5.41, 5.74) is 1.18. The van der Waals surface area contributed by atoms with Crippen molar-refractivity contribution in [1.29, 1.82) is 0 Å². The zero-order valence-electron chi connectivity index (χ0n) is 14.3. The first-order valence-electron chi connectivity index (χ1n) is 8.68. The number of amides is 1. The molecule has 4 nitrogen and oxygen atoms in total. The van der Waals surface area contributed by atoms with Crippen LogP contribution in [0.3, 0.4) is 0 Å². The molecule has 2 heterocycles. The molecule has 2 fully saturated rings. The molecule has 0 radical (unpaired) electrons. The van der Waals surface area contributed by atoms with Gasteiger partial charge < -0.3 is 9.64 Å². The average Bonchev–Trinajstić information content (AvgIpc) is 2.76. The molecule has 1 aliphatic carbocycles. The maximum Gasteiger partial charge on any atom is 0.231 e. The van der Waals surface area contributed by atoms with E-state index in [-0.39, 0.29) is 5.41 Å². The number of carbonyl (C=O) groups excluding carboxylic acids is 1. The molecule has 2 aliphatic rings. The zero-order chi connectivity index (χ0) is 16.3. The van der Waals surface area contributed by atoms with Crippen LogP contribution in [-0.2, 0) is 16.1 Å². The van der Waals surface area contributed by atoms with E-state index in [1.807, 2.05) is 11.3 Å². The Labute approximate surface area is 143 Å². The van der Waals surface area contributed by atoms with Gasteiger partial charge >= 0.3 is 0 Å². The number of nitrogens with zero attached hydrogens (tertiary/aromatic N) is 2. The van der Waals surface area contributed by atoms with Crippen molar-refractivity contribution in [3.8, 4) is 0 Å². The lowest BCUT2D eigenvalue weighted by Gasteiger charge is -2.42. The highest BCUT2D eigenvalue weighted by molar-refractivity contribution is 7.10. The molecule has 1 saturated heterocycles. The van der Waals surface area contributed by atoms with Crippen LogP contribution in [0.1, 0.15) is 36.1 Å². The van der Waals surface area contributed by atoms with Crippen LogP contribution < -0.4 is 0 Å². The average molecular weight is 337 g/mol. The van der Waals surface area contributed by atoms with Gasteiger partial charge in [0.15, 0.2) is 0 Å². The summed E-state index contributed by atoms with van der Waals surface area (Å²) in [6.07, 6.45) is 4.22. The monoisotopic (exact) mass is 336 g/mol. The summed E-state index contributed by atoms with van der Waals surface area (Å²) in [6.45, 7) is 7.60. The molecule has 0 unspecified atom stereocenters. The molecule has 1 aliphatic heterocycles. The molecular formula is C18H28N2O2S. The lowest BCUT2D eigenvalue weighted by molar-refractivity contribution is -0.152. The van der Waals surface area contributed by atoms with E-state index in [4.69, 9.17) is 4.74 Å². The standard InChI is InChI=1S/C18H28N2O2S/c1-15-5-12-23-16(15)13-19-8-4-9-20(11-10-19)17(21)18(14-22-2)6-3-7-18/h5,12H,3-4,6-11,13-14H2,1-2H3. The Kier molecular flexibility index (Phi) is 5.39. The van der Waals surface area contributed by atoms with E-state index in [0.29, 0.717) is 12.5 Å². The first-order chi connectivity index (χ1) is 11.1. The normalized spacial score (nSPS) is 21.7. The lowest BCUT2D eigenvalue weighted by atomic mass is 9.68. The van der Waals surface area contributed by atoms with Gasteiger partial charge in [-0.25, -0.2) is 0 Å². The van der Waals surface area contributed by atoms with Gasteiger partial charge in [-0.1, -0.05) is 6.42 Å². The van der Waals surface area contributed by atoms with Crippen molar-refractivity contribution in [2.75, 3.05) is 39.9 Å². The third kappa shape index (κ3) is 3.62. The van der Waals surface area contributed by atoms with Gasteiger partial charge in [-0.05, 0) is 43.2 Å². The van der Waals surface area contributed by atoms with Crippen LogP contribution in [0.2, 0.25) is 0 Å². The number of ether oxygens (including phenoxy) is 1. The third-order valence-corrected chi connectivity index (χ3v) is 6.40. The quantitative estimate of drug-likeness (QED) is 0.829. The second-order valence-corrected chi connectivity index (χ2v) is 8.02. The molecular weight excluding hydrogens is 308 g/mol. The van der Waals surface area contributed by atoms with Crippen LogP contribution in [0, 0.1) is 12.3 Å². The van der Waals surface area contributed by atoms with Gasteiger partial charge in [-0.15, -0.1) is 11.3 Å². The number of thiophene rings is 1. The smallest absolute Gasteiger partial charge is 0.231 e. The molecule has 1 amide bonds. The van der Waals surface area contributed by atoms with Crippen molar-refractivity contribution < 1.29 is 9.53 Å². The Bertz CT molecular complexity index is 539. The summed E-state index contributed by atoms with van der Waals surface area (Å²) in [5.74, 6) is 0.333. The molecule has 0 spiro atoms. The number of hydrogen-bond acceptors (Lipinski definition) is 4. The van der Waals surface area contributed by atoms with Crippen molar-refractivity contribution in [3.63, 3.8) is 0 Å². The molecule has 1 aromatic rings. The maximum atomic E-state index is 13.0. The lowest BCUT2D eigenvalue weighted by Crippen LogP contribution is -2.51. The highest BCUT2D eigenvalue weighted by Crippen LogP contribution is 2.42. The number of hydrogen-bond donors (Lipinski definition) is 0. The van der Waals surface area contributed by atoms with Crippen molar-refractivity contribution in [2.45, 2.75) is 39.2 Å². The van der Waals surface area contributed by atoms with Gasteiger partial charge in [0.05, 0.1) is 12.0 Å². The molecule has 0 aromatic carbocycles. The number of rotatable bonds is 5. The second kappa shape index (κ2) is 7.32. The molecule has 128 valence electrons. The molecule has 1 saturated carbocycles. The predicted octanol–water partition coefficient (Wildman–Crippen LogP) is 2.91. The fourth-order valence-electron chi connectivity index (χ4n) is 3.74. The number of aryl methyl sites for hydroxylation is 1. The largest absolute Gasteiger partial charge is 0.384 e. The summed E-state index contributed by atoms with van der Waals surface area (Å²) in [4.78, 5) is 19.0. The highest BCUT2D eigenvalue weighted by atomic mass is 32.1. The van der Waals surface area contributed by atoms with Crippen molar-refractivity contribution in [2.24, 2.45) is 5.41 Å². The Morgan fingerprint density at radius 1 is 1.26 bits per heavy atom. The van der Waals surface area contributed by atoms with Crippen molar-refractivity contribution in [1.82, 2.24) is 9.80 Å². The Morgan fingerprint density at radius 2 is 2.09 bits per heavy atom. The van der Waals surface area contributed by atoms with E-state index in [1.54, 1.807) is 7.11 Å². The minimum atomic E-state index is -0.214. The minimum absolute atomic E-state index is 0.214. The summed E-state index contributed by atoms with van der Waals surface area (Å²) >= 11 is 1.84. The van der Waals surface area contributed by atoms with E-state index in [9.17, 15) is 4.79 Å². The van der Waals surface area contributed by atoms with E-state index >= 15 is 0 Å². The van der Waals surface area contributed by atoms with E-state index in [1.165, 1.54) is 10.4 Å². The van der Waals surface area contributed by atoms with Gasteiger partial charge in [-0.3, -0.25) is 9.69 Å². The predicted molar refractivity (Wildman–Crippen MR) is 93.7 cm³/mol. The summed E-state index contributed by atoms with van der Waals surface area (Å²) in [6, 6.07) is 2.19. The summed E-state index contributed by atoms with van der Waals surface area (Å²) < 4.78 is 5.34. The molecule has 3 rings (SSSR count). The second-order valence-electron chi connectivity index (χ2n) is 7.02. The topological polar surface area (TPSA) is 32.8 Å². The Balaban J connectivity index is 1.58. The van der Waals surface area contributed by atoms with Gasteiger partial charge in [0, 0.05) is 44.7 Å². The number of carbonyl (C=O) groups is 1. The van der Waals surface area contributed by atoms with Crippen molar-refractivity contribution in [3.05, 3.63) is 21.9 Å². The minimum Gasteiger partial charge on any atom is -0.384 e. The summed E-state index contributed by atoms with van der Waals surface area (Å²) in [7, 11) is 1.71. The van der Waals surface area contributed by atoms with E-state index < -0.39 is 0 Å². The van der Waals surface area contributed by atoms with Crippen LogP contribution in [-0.4, -0.2) is 55.6 Å². The molecule has 1 aromatic heterocycles. The Hall–Kier alpha value is -0.910. The van der Waals surface area contributed by atoms with Crippen LogP contribution in [0.25, 0.3) is 0 Å². The van der Waals surface area contributed by atoms with Crippen LogP contribution in [0.15, 0.2) is 11.4 Å². The van der Waals surface area contributed by atoms with E-state index in [0.717, 1.165) is 58.4 Å².